The molecule has 0 unspecified atom stereocenters. The summed E-state index contributed by atoms with van der Waals surface area (Å²) in [4.78, 5) is 44.0. The van der Waals surface area contributed by atoms with E-state index in [0.717, 1.165) is 16.3 Å². The van der Waals surface area contributed by atoms with Gasteiger partial charge in [0.2, 0.25) is 0 Å². The van der Waals surface area contributed by atoms with Crippen molar-refractivity contribution in [3.05, 3.63) is 126 Å². The lowest BCUT2D eigenvalue weighted by Gasteiger charge is -2.38. The van der Waals surface area contributed by atoms with Crippen molar-refractivity contribution in [1.82, 2.24) is 9.80 Å². The van der Waals surface area contributed by atoms with Crippen molar-refractivity contribution in [2.75, 3.05) is 48.4 Å². The largest absolute Gasteiger partial charge is 0.486 e. The van der Waals surface area contributed by atoms with Gasteiger partial charge in [-0.15, -0.1) is 0 Å². The second-order valence-electron chi connectivity index (χ2n) is 13.3. The molecule has 0 aromatic heterocycles. The molecule has 1 aliphatic rings. The van der Waals surface area contributed by atoms with Gasteiger partial charge in [0.25, 0.3) is 11.8 Å². The molecular weight excluding hydrogens is 656 g/mol. The summed E-state index contributed by atoms with van der Waals surface area (Å²) < 4.78 is 6.70. The van der Waals surface area contributed by atoms with Gasteiger partial charge in [-0.2, -0.15) is 0 Å². The van der Waals surface area contributed by atoms with E-state index in [-0.39, 0.29) is 30.1 Å². The van der Waals surface area contributed by atoms with Gasteiger partial charge in [-0.05, 0) is 67.4 Å². The van der Waals surface area contributed by atoms with Gasteiger partial charge in [-0.3, -0.25) is 14.5 Å². The van der Waals surface area contributed by atoms with Gasteiger partial charge >= 0.3 is 6.03 Å². The first kappa shape index (κ1) is 35.9. The van der Waals surface area contributed by atoms with E-state index in [1.165, 1.54) is 0 Å². The molecule has 1 heterocycles. The minimum atomic E-state index is -0.477. The van der Waals surface area contributed by atoms with E-state index in [9.17, 15) is 19.5 Å². The maximum atomic E-state index is 13.9. The molecule has 268 valence electrons. The fourth-order valence-electron chi connectivity index (χ4n) is 6.42. The summed E-state index contributed by atoms with van der Waals surface area (Å²) in [6.07, 6.45) is -0.393. The van der Waals surface area contributed by atoms with Crippen LogP contribution in [0.4, 0.5) is 27.5 Å². The number of fused-ring (bicyclic) bond motifs is 2. The van der Waals surface area contributed by atoms with Gasteiger partial charge in [0.1, 0.15) is 6.10 Å². The van der Waals surface area contributed by atoms with Gasteiger partial charge in [0, 0.05) is 36.5 Å². The average Bonchev–Trinajstić information content (AvgIpc) is 3.14. The zero-order chi connectivity index (χ0) is 36.8. The molecule has 0 spiro atoms. The Kier molecular flexibility index (Phi) is 11.0. The van der Waals surface area contributed by atoms with Crippen molar-refractivity contribution in [2.24, 2.45) is 5.92 Å². The standard InChI is InChI=1S/C41H44N6O5/c1-26-22-47(27(2)25-48)40(50)32-13-9-17-36(45-41(51)44-34-16-8-11-29-10-4-5-12-31(29)34)38(32)52-37(26)24-46(3)23-28-18-20-30(21-19-28)39(49)43-35-15-7-6-14-33(35)42/h4-21,26-27,37,48H,22-25,42H2,1-3H3,(H,43,49)(H2,44,45,51)/t26-,27+,37-/m1/s1. The Morgan fingerprint density at radius 2 is 1.54 bits per heavy atom. The zero-order valence-electron chi connectivity index (χ0n) is 29.5. The van der Waals surface area contributed by atoms with E-state index in [0.29, 0.717) is 53.5 Å². The van der Waals surface area contributed by atoms with Crippen molar-refractivity contribution >= 4 is 51.4 Å². The first-order valence-corrected chi connectivity index (χ1v) is 17.3. The fraction of sp³-hybridized carbons (Fsp3) is 0.244. The van der Waals surface area contributed by atoms with Gasteiger partial charge in [-0.1, -0.05) is 73.7 Å². The van der Waals surface area contributed by atoms with Crippen LogP contribution < -0.4 is 26.4 Å². The number of ether oxygens (including phenoxy) is 1. The maximum absolute atomic E-state index is 13.9. The lowest BCUT2D eigenvalue weighted by molar-refractivity contribution is 0.0343. The normalized spacial score (nSPS) is 16.3. The molecule has 1 aliphatic heterocycles. The Bertz CT molecular complexity index is 2060. The molecule has 3 atom stereocenters. The van der Waals surface area contributed by atoms with Gasteiger partial charge < -0.3 is 36.4 Å². The van der Waals surface area contributed by atoms with Crippen LogP contribution in [-0.2, 0) is 6.54 Å². The van der Waals surface area contributed by atoms with Crippen molar-refractivity contribution in [3.63, 3.8) is 0 Å². The highest BCUT2D eigenvalue weighted by atomic mass is 16.5. The number of rotatable bonds is 10. The summed E-state index contributed by atoms with van der Waals surface area (Å²) in [5.74, 6) is -0.398. The Hall–Kier alpha value is -5.91. The number of carbonyl (C=O) groups is 3. The number of anilines is 4. The third-order valence-corrected chi connectivity index (χ3v) is 9.35. The average molecular weight is 701 g/mol. The zero-order valence-corrected chi connectivity index (χ0v) is 29.5. The summed E-state index contributed by atoms with van der Waals surface area (Å²) >= 11 is 0. The minimum absolute atomic E-state index is 0.136. The van der Waals surface area contributed by atoms with E-state index in [1.54, 1.807) is 47.4 Å². The van der Waals surface area contributed by atoms with Crippen molar-refractivity contribution < 1.29 is 24.2 Å². The monoisotopic (exact) mass is 700 g/mol. The SMILES string of the molecule is C[C@@H]1CN([C@@H](C)CO)C(=O)c2cccc(NC(=O)Nc3cccc4ccccc34)c2O[C@@H]1CN(C)Cc1ccc(C(=O)Nc2ccccc2N)cc1. The lowest BCUT2D eigenvalue weighted by Crippen LogP contribution is -2.49. The van der Waals surface area contributed by atoms with Crippen LogP contribution in [-0.4, -0.2) is 71.6 Å². The Morgan fingerprint density at radius 1 is 0.885 bits per heavy atom. The van der Waals surface area contributed by atoms with Gasteiger partial charge in [0.15, 0.2) is 5.75 Å². The third kappa shape index (κ3) is 8.17. The summed E-state index contributed by atoms with van der Waals surface area (Å²) in [6.45, 7) is 5.05. The van der Waals surface area contributed by atoms with E-state index < -0.39 is 18.2 Å². The molecule has 0 bridgehead atoms. The first-order chi connectivity index (χ1) is 25.1. The molecule has 11 heteroatoms. The molecule has 0 fully saturated rings. The second-order valence-corrected chi connectivity index (χ2v) is 13.3. The highest BCUT2D eigenvalue weighted by Gasteiger charge is 2.34. The van der Waals surface area contributed by atoms with E-state index >= 15 is 0 Å². The predicted molar refractivity (Wildman–Crippen MR) is 206 cm³/mol. The number of aliphatic hydroxyl groups is 1. The van der Waals surface area contributed by atoms with Crippen molar-refractivity contribution in [2.45, 2.75) is 32.5 Å². The minimum Gasteiger partial charge on any atom is -0.486 e. The van der Waals surface area contributed by atoms with E-state index in [1.807, 2.05) is 87.6 Å². The lowest BCUT2D eigenvalue weighted by atomic mass is 9.98. The number of hydrogen-bond donors (Lipinski definition) is 5. The molecule has 5 aromatic rings. The second kappa shape index (κ2) is 16.0. The Balaban J connectivity index is 1.20. The number of nitrogens with zero attached hydrogens (tertiary/aromatic N) is 2. The van der Waals surface area contributed by atoms with Crippen LogP contribution in [0.25, 0.3) is 10.8 Å². The number of likely N-dealkylation sites (N-methyl/N-ethyl adjacent to an activating group) is 1. The topological polar surface area (TPSA) is 149 Å². The number of nitrogens with one attached hydrogen (secondary N) is 3. The van der Waals surface area contributed by atoms with Gasteiger partial charge in [0.05, 0.1) is 41.0 Å². The summed E-state index contributed by atoms with van der Waals surface area (Å²) in [5, 5.41) is 20.7. The summed E-state index contributed by atoms with van der Waals surface area (Å²) in [7, 11) is 1.98. The number of para-hydroxylation sites is 3. The van der Waals surface area contributed by atoms with E-state index in [4.69, 9.17) is 10.5 Å². The molecule has 0 saturated heterocycles. The number of nitrogens with two attached hydrogens (primary N) is 1. The number of benzene rings is 5. The first-order valence-electron chi connectivity index (χ1n) is 17.3. The van der Waals surface area contributed by atoms with Crippen molar-refractivity contribution in [3.8, 4) is 5.75 Å². The molecule has 52 heavy (non-hydrogen) atoms. The molecule has 5 aromatic carbocycles. The van der Waals surface area contributed by atoms with Crippen LogP contribution in [0.1, 0.15) is 40.1 Å². The predicted octanol–water partition coefficient (Wildman–Crippen LogP) is 6.67. The molecule has 6 rings (SSSR count). The number of urea groups is 1. The molecule has 0 radical (unpaired) electrons. The molecule has 4 amide bonds. The van der Waals surface area contributed by atoms with Crippen LogP contribution in [0, 0.1) is 5.92 Å². The highest BCUT2D eigenvalue weighted by molar-refractivity contribution is 6.08. The number of carbonyl (C=O) groups excluding carboxylic acids is 3. The molecule has 0 saturated carbocycles. The fourth-order valence-corrected chi connectivity index (χ4v) is 6.42. The highest BCUT2D eigenvalue weighted by Crippen LogP contribution is 2.35. The van der Waals surface area contributed by atoms with Crippen LogP contribution >= 0.6 is 0 Å². The maximum Gasteiger partial charge on any atom is 0.323 e. The van der Waals surface area contributed by atoms with Crippen molar-refractivity contribution in [1.29, 1.82) is 0 Å². The summed E-state index contributed by atoms with van der Waals surface area (Å²) in [5.41, 5.74) is 9.85. The molecule has 6 N–H and O–H groups in total. The van der Waals surface area contributed by atoms with Crippen LogP contribution in [0.3, 0.4) is 0 Å². The quantitative estimate of drug-likeness (QED) is 0.102. The third-order valence-electron chi connectivity index (χ3n) is 9.35. The number of nitrogen functional groups attached to an aromatic ring is 1. The van der Waals surface area contributed by atoms with Crippen LogP contribution in [0.5, 0.6) is 5.75 Å². The number of amides is 4. The van der Waals surface area contributed by atoms with Crippen LogP contribution in [0.15, 0.2) is 109 Å². The van der Waals surface area contributed by atoms with E-state index in [2.05, 4.69) is 20.9 Å². The smallest absolute Gasteiger partial charge is 0.323 e. The molecular formula is C41H44N6O5. The Morgan fingerprint density at radius 3 is 2.31 bits per heavy atom. The Labute approximate surface area is 303 Å². The summed E-state index contributed by atoms with van der Waals surface area (Å²) in [6, 6.07) is 32.2. The number of hydrogen-bond acceptors (Lipinski definition) is 7. The molecule has 11 nitrogen and oxygen atoms in total. The van der Waals surface area contributed by atoms with Gasteiger partial charge in [-0.25, -0.2) is 4.79 Å². The number of aliphatic hydroxyl groups excluding tert-OH is 1. The molecule has 0 aliphatic carbocycles. The van der Waals surface area contributed by atoms with Crippen LogP contribution in [0.2, 0.25) is 0 Å².